The Kier molecular flexibility index (Phi) is 6.85. The highest BCUT2D eigenvalue weighted by Gasteiger charge is 2.38. The van der Waals surface area contributed by atoms with Crippen LogP contribution >= 0.6 is 0 Å². The molecule has 0 aromatic heterocycles. The minimum Gasteiger partial charge on any atom is -0.478 e. The molecule has 2 unspecified atom stereocenters. The Morgan fingerprint density at radius 1 is 1.17 bits per heavy atom. The van der Waals surface area contributed by atoms with Crippen LogP contribution in [-0.4, -0.2) is 36.2 Å². The quantitative estimate of drug-likeness (QED) is 0.692. The molecule has 2 aromatic rings. The van der Waals surface area contributed by atoms with Gasteiger partial charge in [-0.15, -0.1) is 0 Å². The van der Waals surface area contributed by atoms with Crippen molar-refractivity contribution in [3.05, 3.63) is 76.9 Å². The number of aliphatic carboxylic acids is 1. The second kappa shape index (κ2) is 9.35. The molecule has 154 valence electrons. The zero-order valence-corrected chi connectivity index (χ0v) is 17.1. The van der Waals surface area contributed by atoms with Gasteiger partial charge in [0.2, 0.25) is 0 Å². The first-order chi connectivity index (χ1) is 13.9. The minimum atomic E-state index is -0.931. The Labute approximate surface area is 171 Å². The summed E-state index contributed by atoms with van der Waals surface area (Å²) in [7, 11) is 0. The van der Waals surface area contributed by atoms with Gasteiger partial charge in [-0.2, -0.15) is 0 Å². The van der Waals surface area contributed by atoms with Gasteiger partial charge in [-0.05, 0) is 43.5 Å². The van der Waals surface area contributed by atoms with Crippen LogP contribution in [0.3, 0.4) is 0 Å². The Bertz CT molecular complexity index is 857. The number of ether oxygens (including phenoxy) is 3. The topological polar surface area (TPSA) is 65.0 Å². The van der Waals surface area contributed by atoms with E-state index in [2.05, 4.69) is 0 Å². The summed E-state index contributed by atoms with van der Waals surface area (Å²) in [6.45, 7) is 6.79. The van der Waals surface area contributed by atoms with E-state index < -0.39 is 11.8 Å². The van der Waals surface area contributed by atoms with E-state index in [1.165, 1.54) is 0 Å². The molecule has 1 aliphatic heterocycles. The molecule has 1 saturated heterocycles. The van der Waals surface area contributed by atoms with Crippen LogP contribution in [0.15, 0.2) is 60.2 Å². The van der Waals surface area contributed by atoms with E-state index in [1.807, 2.05) is 68.4 Å². The van der Waals surface area contributed by atoms with E-state index >= 15 is 0 Å². The number of hydrogen-bond donors (Lipinski definition) is 1. The fraction of sp³-hybridized carbons (Fsp3) is 0.375. The summed E-state index contributed by atoms with van der Waals surface area (Å²) in [4.78, 5) is 11.3. The molecule has 2 aromatic carbocycles. The van der Waals surface area contributed by atoms with Gasteiger partial charge in [-0.3, -0.25) is 0 Å². The molecule has 3 rings (SSSR count). The van der Waals surface area contributed by atoms with Gasteiger partial charge in [0.15, 0.2) is 5.79 Å². The minimum absolute atomic E-state index is 0.0622. The Balaban J connectivity index is 1.80. The maximum absolute atomic E-state index is 11.3. The van der Waals surface area contributed by atoms with Crippen LogP contribution in [0.4, 0.5) is 0 Å². The summed E-state index contributed by atoms with van der Waals surface area (Å²) < 4.78 is 18.1. The predicted octanol–water partition coefficient (Wildman–Crippen LogP) is 4.63. The van der Waals surface area contributed by atoms with Crippen molar-refractivity contribution in [3.8, 4) is 0 Å². The Hall–Kier alpha value is -2.47. The third-order valence-corrected chi connectivity index (χ3v) is 4.99. The van der Waals surface area contributed by atoms with Crippen LogP contribution in [0, 0.1) is 0 Å². The molecule has 1 N–H and O–H groups in total. The van der Waals surface area contributed by atoms with Crippen LogP contribution in [0.5, 0.6) is 0 Å². The molecule has 0 amide bonds. The van der Waals surface area contributed by atoms with Gasteiger partial charge < -0.3 is 19.3 Å². The average Bonchev–Trinajstić information content (AvgIpc) is 2.69. The lowest BCUT2D eigenvalue weighted by Gasteiger charge is -2.41. The molecule has 5 nitrogen and oxygen atoms in total. The van der Waals surface area contributed by atoms with E-state index in [0.717, 1.165) is 16.7 Å². The van der Waals surface area contributed by atoms with Crippen molar-refractivity contribution >= 4 is 12.0 Å². The maximum atomic E-state index is 11.3. The SMILES string of the molecule is CC(=Cc1ccccc1C1COC(C)(C)OC1COCc1ccccc1)C(=O)O. The van der Waals surface area contributed by atoms with Gasteiger partial charge in [-0.25, -0.2) is 4.79 Å². The number of rotatable bonds is 7. The summed E-state index contributed by atoms with van der Waals surface area (Å²) >= 11 is 0. The molecule has 0 spiro atoms. The normalized spacial score (nSPS) is 21.7. The van der Waals surface area contributed by atoms with Gasteiger partial charge >= 0.3 is 5.97 Å². The van der Waals surface area contributed by atoms with Crippen LogP contribution in [0.1, 0.15) is 43.4 Å². The fourth-order valence-corrected chi connectivity index (χ4v) is 3.46. The molecule has 0 radical (unpaired) electrons. The molecule has 29 heavy (non-hydrogen) atoms. The first-order valence-corrected chi connectivity index (χ1v) is 9.80. The molecule has 1 aliphatic rings. The molecule has 1 fully saturated rings. The molecule has 0 bridgehead atoms. The van der Waals surface area contributed by atoms with Gasteiger partial charge in [0.25, 0.3) is 0 Å². The van der Waals surface area contributed by atoms with Crippen molar-refractivity contribution in [1.82, 2.24) is 0 Å². The monoisotopic (exact) mass is 396 g/mol. The molecular formula is C24H28O5. The predicted molar refractivity (Wildman–Crippen MR) is 111 cm³/mol. The standard InChI is InChI=1S/C24H28O5/c1-17(23(25)26)13-19-11-7-8-12-20(19)21-15-28-24(2,3)29-22(21)16-27-14-18-9-5-4-6-10-18/h4-13,21-22H,14-16H2,1-3H3,(H,25,26). The van der Waals surface area contributed by atoms with Gasteiger partial charge in [0, 0.05) is 11.5 Å². The lowest BCUT2D eigenvalue weighted by Crippen LogP contribution is -2.46. The lowest BCUT2D eigenvalue weighted by atomic mass is 9.88. The third-order valence-electron chi connectivity index (χ3n) is 4.99. The van der Waals surface area contributed by atoms with E-state index in [0.29, 0.717) is 19.8 Å². The Morgan fingerprint density at radius 2 is 1.86 bits per heavy atom. The number of hydrogen-bond acceptors (Lipinski definition) is 4. The lowest BCUT2D eigenvalue weighted by molar-refractivity contribution is -0.288. The molecular weight excluding hydrogens is 368 g/mol. The van der Waals surface area contributed by atoms with E-state index in [1.54, 1.807) is 13.0 Å². The highest BCUT2D eigenvalue weighted by molar-refractivity contribution is 5.91. The van der Waals surface area contributed by atoms with Gasteiger partial charge in [0.1, 0.15) is 0 Å². The van der Waals surface area contributed by atoms with E-state index in [9.17, 15) is 9.90 Å². The summed E-state index contributed by atoms with van der Waals surface area (Å²) in [6.07, 6.45) is 1.49. The van der Waals surface area contributed by atoms with E-state index in [4.69, 9.17) is 14.2 Å². The van der Waals surface area contributed by atoms with E-state index in [-0.39, 0.29) is 17.6 Å². The number of carboxylic acid groups (broad SMARTS) is 1. The van der Waals surface area contributed by atoms with Gasteiger partial charge in [-0.1, -0.05) is 54.6 Å². The fourth-order valence-electron chi connectivity index (χ4n) is 3.46. The first-order valence-electron chi connectivity index (χ1n) is 9.80. The summed E-state index contributed by atoms with van der Waals surface area (Å²) in [5, 5.41) is 9.25. The van der Waals surface area contributed by atoms with Crippen molar-refractivity contribution in [1.29, 1.82) is 0 Å². The van der Waals surface area contributed by atoms with Crippen LogP contribution in [-0.2, 0) is 25.6 Å². The summed E-state index contributed by atoms with van der Waals surface area (Å²) in [6, 6.07) is 17.8. The van der Waals surface area contributed by atoms with Crippen LogP contribution in [0.25, 0.3) is 6.08 Å². The zero-order chi connectivity index (χ0) is 20.9. The second-order valence-electron chi connectivity index (χ2n) is 7.74. The molecule has 5 heteroatoms. The van der Waals surface area contributed by atoms with Crippen LogP contribution < -0.4 is 0 Å². The number of carboxylic acids is 1. The molecule has 0 saturated carbocycles. The zero-order valence-electron chi connectivity index (χ0n) is 17.1. The first kappa shape index (κ1) is 21.2. The summed E-state index contributed by atoms with van der Waals surface area (Å²) in [5.41, 5.74) is 3.25. The third kappa shape index (κ3) is 5.76. The molecule has 1 heterocycles. The van der Waals surface area contributed by atoms with Crippen molar-refractivity contribution < 1.29 is 24.1 Å². The van der Waals surface area contributed by atoms with Crippen molar-refractivity contribution in [2.24, 2.45) is 0 Å². The highest BCUT2D eigenvalue weighted by Crippen LogP contribution is 2.35. The van der Waals surface area contributed by atoms with Crippen molar-refractivity contribution in [2.75, 3.05) is 13.2 Å². The van der Waals surface area contributed by atoms with Crippen molar-refractivity contribution in [2.45, 2.75) is 45.2 Å². The summed E-state index contributed by atoms with van der Waals surface area (Å²) in [5.74, 6) is -1.69. The second-order valence-corrected chi connectivity index (χ2v) is 7.74. The van der Waals surface area contributed by atoms with Crippen molar-refractivity contribution in [3.63, 3.8) is 0 Å². The van der Waals surface area contributed by atoms with Crippen LogP contribution in [0.2, 0.25) is 0 Å². The maximum Gasteiger partial charge on any atom is 0.331 e. The number of carbonyl (C=O) groups is 1. The molecule has 2 atom stereocenters. The Morgan fingerprint density at radius 3 is 2.59 bits per heavy atom. The largest absolute Gasteiger partial charge is 0.478 e. The van der Waals surface area contributed by atoms with Gasteiger partial charge in [0.05, 0.1) is 25.9 Å². The average molecular weight is 396 g/mol. The highest BCUT2D eigenvalue weighted by atomic mass is 16.7. The molecule has 0 aliphatic carbocycles. The number of benzene rings is 2. The smallest absolute Gasteiger partial charge is 0.331 e.